The third kappa shape index (κ3) is 2.25. The van der Waals surface area contributed by atoms with Crippen LogP contribution in [0.15, 0.2) is 30.3 Å². The topological polar surface area (TPSA) is 22.3 Å². The van der Waals surface area contributed by atoms with E-state index in [9.17, 15) is 5.41 Å². The molecule has 0 fully saturated rings. The SMILES string of the molecule is C#CCCC(=[N])c1ccccc1. The molecule has 0 atom stereocenters. The minimum Gasteiger partial charge on any atom is -0.155 e. The van der Waals surface area contributed by atoms with Crippen LogP contribution in [0.5, 0.6) is 0 Å². The molecule has 0 aromatic heterocycles. The van der Waals surface area contributed by atoms with E-state index in [1.807, 2.05) is 30.3 Å². The van der Waals surface area contributed by atoms with Gasteiger partial charge < -0.3 is 0 Å². The maximum Gasteiger partial charge on any atom is 0.0712 e. The van der Waals surface area contributed by atoms with Gasteiger partial charge in [-0.2, -0.15) is 5.41 Å². The summed E-state index contributed by atoms with van der Waals surface area (Å²) in [5.41, 5.74) is 1.22. The Labute approximate surface area is 72.9 Å². The van der Waals surface area contributed by atoms with Crippen LogP contribution in [0.2, 0.25) is 0 Å². The van der Waals surface area contributed by atoms with Gasteiger partial charge in [0.15, 0.2) is 0 Å². The van der Waals surface area contributed by atoms with Gasteiger partial charge in [0.25, 0.3) is 0 Å². The van der Waals surface area contributed by atoms with Crippen molar-refractivity contribution in [2.24, 2.45) is 0 Å². The third-order valence-corrected chi connectivity index (χ3v) is 1.61. The van der Waals surface area contributed by atoms with E-state index in [4.69, 9.17) is 6.42 Å². The van der Waals surface area contributed by atoms with Crippen LogP contribution < -0.4 is 5.41 Å². The van der Waals surface area contributed by atoms with E-state index >= 15 is 0 Å². The number of rotatable bonds is 3. The van der Waals surface area contributed by atoms with E-state index in [0.717, 1.165) is 5.56 Å². The lowest BCUT2D eigenvalue weighted by atomic mass is 10.1. The highest BCUT2D eigenvalue weighted by atomic mass is 14.4. The van der Waals surface area contributed by atoms with E-state index in [1.165, 1.54) is 0 Å². The van der Waals surface area contributed by atoms with E-state index < -0.39 is 0 Å². The maximum absolute atomic E-state index is 9.47. The summed E-state index contributed by atoms with van der Waals surface area (Å²) in [5, 5.41) is 9.47. The van der Waals surface area contributed by atoms with Crippen LogP contribution in [-0.2, 0) is 0 Å². The zero-order valence-corrected chi connectivity index (χ0v) is 6.83. The van der Waals surface area contributed by atoms with Gasteiger partial charge >= 0.3 is 0 Å². The Morgan fingerprint density at radius 1 is 1.33 bits per heavy atom. The molecule has 0 heterocycles. The molecule has 1 rings (SSSR count). The van der Waals surface area contributed by atoms with E-state index in [0.29, 0.717) is 18.6 Å². The molecule has 1 nitrogen and oxygen atoms in total. The van der Waals surface area contributed by atoms with Crippen LogP contribution >= 0.6 is 0 Å². The number of hydrogen-bond donors (Lipinski definition) is 0. The monoisotopic (exact) mass is 156 g/mol. The first kappa shape index (κ1) is 8.55. The van der Waals surface area contributed by atoms with Crippen molar-refractivity contribution in [2.45, 2.75) is 12.8 Å². The fourth-order valence-electron chi connectivity index (χ4n) is 0.965. The van der Waals surface area contributed by atoms with Gasteiger partial charge in [-0.25, -0.2) is 0 Å². The summed E-state index contributed by atoms with van der Waals surface area (Å²) < 4.78 is 0. The van der Waals surface area contributed by atoms with Gasteiger partial charge in [-0.15, -0.1) is 12.3 Å². The van der Waals surface area contributed by atoms with Crippen LogP contribution in [0.25, 0.3) is 0 Å². The predicted molar refractivity (Wildman–Crippen MR) is 50.8 cm³/mol. The molecular weight excluding hydrogens is 146 g/mol. The van der Waals surface area contributed by atoms with Crippen LogP contribution in [0.4, 0.5) is 0 Å². The molecule has 0 bridgehead atoms. The van der Waals surface area contributed by atoms with Crippen molar-refractivity contribution in [1.29, 1.82) is 0 Å². The third-order valence-electron chi connectivity index (χ3n) is 1.61. The van der Waals surface area contributed by atoms with Crippen molar-refractivity contribution in [1.82, 2.24) is 5.41 Å². The zero-order chi connectivity index (χ0) is 8.81. The average molecular weight is 156 g/mol. The molecule has 0 saturated heterocycles. The summed E-state index contributed by atoms with van der Waals surface area (Å²) in [6.07, 6.45) is 6.22. The molecule has 1 aromatic rings. The lowest BCUT2D eigenvalue weighted by Gasteiger charge is -1.98. The molecular formula is C11H10N. The molecule has 0 N–H and O–H groups in total. The molecule has 0 spiro atoms. The molecule has 0 saturated carbocycles. The molecule has 0 aliphatic rings. The number of hydrogen-bond acceptors (Lipinski definition) is 0. The fraction of sp³-hybridized carbons (Fsp3) is 0.182. The van der Waals surface area contributed by atoms with Gasteiger partial charge in [0.05, 0.1) is 5.71 Å². The highest BCUT2D eigenvalue weighted by Crippen LogP contribution is 2.02. The largest absolute Gasteiger partial charge is 0.155 e. The summed E-state index contributed by atoms with van der Waals surface area (Å²) in [6.45, 7) is 0. The molecule has 1 heteroatoms. The fourth-order valence-corrected chi connectivity index (χ4v) is 0.965. The normalized spacial score (nSPS) is 8.92. The molecule has 0 unspecified atom stereocenters. The van der Waals surface area contributed by atoms with Crippen molar-refractivity contribution < 1.29 is 0 Å². The first-order chi connectivity index (χ1) is 5.84. The summed E-state index contributed by atoms with van der Waals surface area (Å²) in [5.74, 6) is 2.49. The Balaban J connectivity index is 2.61. The van der Waals surface area contributed by atoms with Gasteiger partial charge in [0.1, 0.15) is 0 Å². The van der Waals surface area contributed by atoms with E-state index in [1.54, 1.807) is 0 Å². The minimum atomic E-state index is 0.369. The summed E-state index contributed by atoms with van der Waals surface area (Å²) in [4.78, 5) is 0. The molecule has 0 amide bonds. The average Bonchev–Trinajstić information content (AvgIpc) is 2.15. The van der Waals surface area contributed by atoms with Crippen molar-refractivity contribution in [3.63, 3.8) is 0 Å². The Morgan fingerprint density at radius 2 is 2.00 bits per heavy atom. The smallest absolute Gasteiger partial charge is 0.0712 e. The number of terminal acetylenes is 1. The van der Waals surface area contributed by atoms with Gasteiger partial charge in [0, 0.05) is 12.8 Å². The summed E-state index contributed by atoms with van der Waals surface area (Å²) in [7, 11) is 0. The number of benzene rings is 1. The van der Waals surface area contributed by atoms with Crippen molar-refractivity contribution in [3.05, 3.63) is 35.9 Å². The molecule has 0 aliphatic heterocycles. The van der Waals surface area contributed by atoms with Crippen LogP contribution in [0.3, 0.4) is 0 Å². The Bertz CT molecular complexity index is 293. The van der Waals surface area contributed by atoms with Crippen LogP contribution in [0.1, 0.15) is 18.4 Å². The van der Waals surface area contributed by atoms with Crippen molar-refractivity contribution in [3.8, 4) is 12.3 Å². The van der Waals surface area contributed by atoms with Crippen LogP contribution in [-0.4, -0.2) is 5.71 Å². The molecule has 1 aromatic carbocycles. The maximum atomic E-state index is 9.47. The summed E-state index contributed by atoms with van der Waals surface area (Å²) in [6, 6.07) is 9.43. The predicted octanol–water partition coefficient (Wildman–Crippen LogP) is 1.69. The zero-order valence-electron chi connectivity index (χ0n) is 6.83. The molecule has 59 valence electrons. The first-order valence-corrected chi connectivity index (χ1v) is 3.88. The van der Waals surface area contributed by atoms with Crippen molar-refractivity contribution >= 4 is 5.71 Å². The number of nitrogens with zero attached hydrogens (tertiary/aromatic N) is 1. The lowest BCUT2D eigenvalue weighted by Crippen LogP contribution is -2.00. The lowest BCUT2D eigenvalue weighted by molar-refractivity contribution is 1.13. The minimum absolute atomic E-state index is 0.369. The second-order valence-electron chi connectivity index (χ2n) is 2.52. The quantitative estimate of drug-likeness (QED) is 0.469. The first-order valence-electron chi connectivity index (χ1n) is 3.88. The van der Waals surface area contributed by atoms with E-state index in [-0.39, 0.29) is 0 Å². The molecule has 12 heavy (non-hydrogen) atoms. The standard InChI is InChI=1S/C11H10N/c1-2-3-9-11(12)10-7-5-4-6-8-10/h1,4-8H,3,9H2. The Morgan fingerprint density at radius 3 is 2.58 bits per heavy atom. The molecule has 0 aliphatic carbocycles. The van der Waals surface area contributed by atoms with E-state index in [2.05, 4.69) is 5.92 Å². The van der Waals surface area contributed by atoms with Crippen LogP contribution in [0, 0.1) is 12.3 Å². The van der Waals surface area contributed by atoms with Gasteiger partial charge in [-0.05, 0) is 5.56 Å². The second-order valence-corrected chi connectivity index (χ2v) is 2.52. The summed E-state index contributed by atoms with van der Waals surface area (Å²) >= 11 is 0. The van der Waals surface area contributed by atoms with Gasteiger partial charge in [-0.1, -0.05) is 30.3 Å². The highest BCUT2D eigenvalue weighted by Gasteiger charge is 1.98. The Hall–Kier alpha value is -1.55. The molecule has 1 radical (unpaired) electrons. The van der Waals surface area contributed by atoms with Gasteiger partial charge in [-0.3, -0.25) is 0 Å². The second kappa shape index (κ2) is 4.35. The Kier molecular flexibility index (Phi) is 3.10. The van der Waals surface area contributed by atoms with Crippen molar-refractivity contribution in [2.75, 3.05) is 0 Å². The highest BCUT2D eigenvalue weighted by molar-refractivity contribution is 5.98. The van der Waals surface area contributed by atoms with Gasteiger partial charge in [0.2, 0.25) is 0 Å².